The third-order valence-corrected chi connectivity index (χ3v) is 4.76. The van der Waals surface area contributed by atoms with Gasteiger partial charge in [0.2, 0.25) is 0 Å². The molecule has 4 aromatic rings. The summed E-state index contributed by atoms with van der Waals surface area (Å²) in [5.41, 5.74) is 0.853. The van der Waals surface area contributed by atoms with E-state index in [0.717, 1.165) is 0 Å². The van der Waals surface area contributed by atoms with Crippen LogP contribution in [0.5, 0.6) is 0 Å². The molecule has 0 spiro atoms. The first-order valence-electron chi connectivity index (χ1n) is 8.89. The van der Waals surface area contributed by atoms with Crippen molar-refractivity contribution in [2.45, 2.75) is 13.1 Å². The van der Waals surface area contributed by atoms with E-state index in [4.69, 9.17) is 23.2 Å². The normalized spacial score (nSPS) is 10.9. The van der Waals surface area contributed by atoms with Gasteiger partial charge in [-0.15, -0.1) is 10.2 Å². The Morgan fingerprint density at radius 1 is 0.812 bits per heavy atom. The van der Waals surface area contributed by atoms with E-state index < -0.39 is 17.7 Å². The number of halogens is 4. The van der Waals surface area contributed by atoms with Crippen LogP contribution in [0.1, 0.15) is 11.6 Å². The number of hydrogen-bond donors (Lipinski definition) is 2. The van der Waals surface area contributed by atoms with Gasteiger partial charge < -0.3 is 10.6 Å². The molecule has 2 N–H and O–H groups in total. The summed E-state index contributed by atoms with van der Waals surface area (Å²) in [7, 11) is 0. The van der Waals surface area contributed by atoms with Gasteiger partial charge in [-0.25, -0.2) is 13.6 Å². The van der Waals surface area contributed by atoms with E-state index >= 15 is 0 Å². The number of urea groups is 1. The zero-order valence-corrected chi connectivity index (χ0v) is 17.4. The van der Waals surface area contributed by atoms with Crippen LogP contribution in [0.3, 0.4) is 0 Å². The molecule has 2 aromatic heterocycles. The molecular formula is C17H12Cl2F2N10O. The maximum Gasteiger partial charge on any atom is 0.315 e. The highest BCUT2D eigenvalue weighted by molar-refractivity contribution is 6.31. The summed E-state index contributed by atoms with van der Waals surface area (Å²) >= 11 is 11.6. The number of carbonyl (C=O) groups is 1. The average molecular weight is 481 g/mol. The Labute approximate surface area is 188 Å². The Balaban J connectivity index is 1.37. The smallest absolute Gasteiger partial charge is 0.315 e. The first kappa shape index (κ1) is 21.5. The van der Waals surface area contributed by atoms with Crippen molar-refractivity contribution in [1.82, 2.24) is 51.0 Å². The van der Waals surface area contributed by atoms with Gasteiger partial charge in [0, 0.05) is 0 Å². The van der Waals surface area contributed by atoms with E-state index in [9.17, 15) is 13.6 Å². The standard InChI is InChI=1S/C17H12Cl2F2N10O/c18-11-5-9(1-3-13(11)20)30-15(24-26-28-30)7-22-17(32)23-8-16-25-27-29-31(16)10-2-4-14(21)12(19)6-10/h1-6H,7-8H2,(H2,22,23,32). The molecule has 164 valence electrons. The Bertz CT molecular complexity index is 1180. The molecule has 0 saturated heterocycles. The van der Waals surface area contributed by atoms with Crippen LogP contribution >= 0.6 is 23.2 Å². The van der Waals surface area contributed by atoms with Crippen molar-refractivity contribution in [2.75, 3.05) is 0 Å². The lowest BCUT2D eigenvalue weighted by Gasteiger charge is -2.09. The maximum atomic E-state index is 13.4. The molecule has 2 amide bonds. The van der Waals surface area contributed by atoms with Gasteiger partial charge >= 0.3 is 6.03 Å². The molecule has 0 bridgehead atoms. The highest BCUT2D eigenvalue weighted by Crippen LogP contribution is 2.19. The summed E-state index contributed by atoms with van der Waals surface area (Å²) < 4.78 is 29.4. The molecule has 0 unspecified atom stereocenters. The van der Waals surface area contributed by atoms with Crippen molar-refractivity contribution < 1.29 is 13.6 Å². The number of carbonyl (C=O) groups excluding carboxylic acids is 1. The zero-order chi connectivity index (χ0) is 22.7. The number of nitrogens with one attached hydrogen (secondary N) is 2. The van der Waals surface area contributed by atoms with Crippen LogP contribution in [0.15, 0.2) is 36.4 Å². The monoisotopic (exact) mass is 480 g/mol. The fourth-order valence-corrected chi connectivity index (χ4v) is 3.00. The molecule has 4 rings (SSSR count). The second-order valence-electron chi connectivity index (χ2n) is 6.25. The number of tetrazole rings is 2. The minimum Gasteiger partial charge on any atom is -0.331 e. The van der Waals surface area contributed by atoms with Crippen molar-refractivity contribution in [3.63, 3.8) is 0 Å². The first-order valence-corrected chi connectivity index (χ1v) is 9.65. The van der Waals surface area contributed by atoms with Gasteiger partial charge in [-0.2, -0.15) is 9.36 Å². The summed E-state index contributed by atoms with van der Waals surface area (Å²) in [5, 5.41) is 27.4. The third kappa shape index (κ3) is 4.63. The average Bonchev–Trinajstić information content (AvgIpc) is 3.44. The van der Waals surface area contributed by atoms with Gasteiger partial charge in [0.15, 0.2) is 11.6 Å². The molecule has 0 atom stereocenters. The summed E-state index contributed by atoms with van der Waals surface area (Å²) in [4.78, 5) is 12.2. The Kier molecular flexibility index (Phi) is 6.18. The fraction of sp³-hybridized carbons (Fsp3) is 0.118. The minimum atomic E-state index is -0.576. The lowest BCUT2D eigenvalue weighted by Crippen LogP contribution is -2.36. The molecule has 0 aliphatic rings. The SMILES string of the molecule is O=C(NCc1nnnn1-c1ccc(F)c(Cl)c1)NCc1nnnn1-c1ccc(F)c(Cl)c1. The molecule has 0 saturated carbocycles. The fourth-order valence-electron chi connectivity index (χ4n) is 2.65. The second-order valence-corrected chi connectivity index (χ2v) is 7.06. The molecular weight excluding hydrogens is 469 g/mol. The largest absolute Gasteiger partial charge is 0.331 e. The van der Waals surface area contributed by atoms with Crippen molar-refractivity contribution >= 4 is 29.2 Å². The van der Waals surface area contributed by atoms with Gasteiger partial charge in [-0.3, -0.25) is 0 Å². The van der Waals surface area contributed by atoms with E-state index in [1.807, 2.05) is 0 Å². The number of rotatable bonds is 6. The minimum absolute atomic E-state index is 0.0354. The molecule has 0 radical (unpaired) electrons. The molecule has 0 fully saturated rings. The number of hydrogen-bond acceptors (Lipinski definition) is 7. The van der Waals surface area contributed by atoms with E-state index in [-0.39, 0.29) is 34.8 Å². The summed E-state index contributed by atoms with van der Waals surface area (Å²) in [6.07, 6.45) is 0. The molecule has 2 aromatic carbocycles. The number of amides is 2. The predicted octanol–water partition coefficient (Wildman–Crippen LogP) is 2.22. The van der Waals surface area contributed by atoms with Crippen LogP contribution in [0, 0.1) is 11.6 Å². The van der Waals surface area contributed by atoms with E-state index in [2.05, 4.69) is 41.7 Å². The number of nitrogens with zero attached hydrogens (tertiary/aromatic N) is 8. The maximum absolute atomic E-state index is 13.4. The first-order chi connectivity index (χ1) is 15.4. The number of benzene rings is 2. The highest BCUT2D eigenvalue weighted by Gasteiger charge is 2.14. The zero-order valence-electron chi connectivity index (χ0n) is 15.9. The topological polar surface area (TPSA) is 128 Å². The van der Waals surface area contributed by atoms with Crippen molar-refractivity contribution in [3.8, 4) is 11.4 Å². The second kappa shape index (κ2) is 9.20. The van der Waals surface area contributed by atoms with Crippen LogP contribution in [0.4, 0.5) is 13.6 Å². The predicted molar refractivity (Wildman–Crippen MR) is 107 cm³/mol. The Hall–Kier alpha value is -3.71. The lowest BCUT2D eigenvalue weighted by atomic mass is 10.3. The van der Waals surface area contributed by atoms with E-state index in [1.54, 1.807) is 0 Å². The summed E-state index contributed by atoms with van der Waals surface area (Å²) in [6.45, 7) is -0.0708. The molecule has 11 nitrogen and oxygen atoms in total. The van der Waals surface area contributed by atoms with Gasteiger partial charge in [-0.1, -0.05) is 23.2 Å². The van der Waals surface area contributed by atoms with Crippen LogP contribution in [-0.2, 0) is 13.1 Å². The van der Waals surface area contributed by atoms with Crippen molar-refractivity contribution in [3.05, 3.63) is 69.7 Å². The van der Waals surface area contributed by atoms with Gasteiger partial charge in [0.25, 0.3) is 0 Å². The van der Waals surface area contributed by atoms with Crippen LogP contribution in [0.2, 0.25) is 10.0 Å². The molecule has 2 heterocycles. The quantitative estimate of drug-likeness (QED) is 0.432. The highest BCUT2D eigenvalue weighted by atomic mass is 35.5. The van der Waals surface area contributed by atoms with E-state index in [1.165, 1.54) is 45.8 Å². The van der Waals surface area contributed by atoms with E-state index in [0.29, 0.717) is 11.4 Å². The molecule has 0 aliphatic carbocycles. The van der Waals surface area contributed by atoms with Gasteiger partial charge in [0.05, 0.1) is 34.5 Å². The molecule has 15 heteroatoms. The van der Waals surface area contributed by atoms with Crippen LogP contribution in [-0.4, -0.2) is 46.4 Å². The van der Waals surface area contributed by atoms with Crippen LogP contribution < -0.4 is 10.6 Å². The van der Waals surface area contributed by atoms with Gasteiger partial charge in [0.1, 0.15) is 11.6 Å². The third-order valence-electron chi connectivity index (χ3n) is 4.18. The number of aromatic nitrogens is 8. The molecule has 32 heavy (non-hydrogen) atoms. The Morgan fingerprint density at radius 3 is 1.66 bits per heavy atom. The van der Waals surface area contributed by atoms with Crippen molar-refractivity contribution in [1.29, 1.82) is 0 Å². The summed E-state index contributed by atoms with van der Waals surface area (Å²) in [5.74, 6) is -0.581. The lowest BCUT2D eigenvalue weighted by molar-refractivity contribution is 0.239. The summed E-state index contributed by atoms with van der Waals surface area (Å²) in [6, 6.07) is 7.43. The van der Waals surface area contributed by atoms with Gasteiger partial charge in [-0.05, 0) is 57.3 Å². The Morgan fingerprint density at radius 2 is 1.25 bits per heavy atom. The van der Waals surface area contributed by atoms with Crippen LogP contribution in [0.25, 0.3) is 11.4 Å². The molecule has 0 aliphatic heterocycles. The van der Waals surface area contributed by atoms with Crippen molar-refractivity contribution in [2.24, 2.45) is 0 Å².